The molecule has 0 fully saturated rings. The van der Waals surface area contributed by atoms with Gasteiger partial charge in [0.2, 0.25) is 0 Å². The highest BCUT2D eigenvalue weighted by molar-refractivity contribution is 5.74. The Kier molecular flexibility index (Phi) is 4.22. The molecule has 2 N–H and O–H groups in total. The molecule has 0 saturated heterocycles. The van der Waals surface area contributed by atoms with Crippen molar-refractivity contribution in [3.63, 3.8) is 0 Å². The maximum atomic E-state index is 11.0. The Hall–Kier alpha value is -2.70. The first-order valence-electron chi connectivity index (χ1n) is 5.57. The second-order valence-corrected chi connectivity index (χ2v) is 3.58. The minimum atomic E-state index is -0.361. The Balaban J connectivity index is 2.01. The van der Waals surface area contributed by atoms with Crippen molar-refractivity contribution in [2.75, 3.05) is 24.3 Å². The second-order valence-electron chi connectivity index (χ2n) is 3.58. The smallest absolute Gasteiger partial charge is 0.325 e. The molecule has 2 aromatic heterocycles. The molecule has 98 valence electrons. The van der Waals surface area contributed by atoms with Gasteiger partial charge in [-0.3, -0.25) is 9.78 Å². The molecule has 7 nitrogen and oxygen atoms in total. The summed E-state index contributed by atoms with van der Waals surface area (Å²) in [5.74, 6) is 0.780. The zero-order valence-corrected chi connectivity index (χ0v) is 10.3. The van der Waals surface area contributed by atoms with E-state index < -0.39 is 0 Å². The first-order chi connectivity index (χ1) is 9.28. The van der Waals surface area contributed by atoms with E-state index in [1.807, 2.05) is 12.1 Å². The number of carbonyl (C=O) groups is 1. The molecule has 2 rings (SSSR count). The Morgan fingerprint density at radius 1 is 1.37 bits per heavy atom. The van der Waals surface area contributed by atoms with Gasteiger partial charge in [0.15, 0.2) is 0 Å². The third-order valence-electron chi connectivity index (χ3n) is 2.24. The molecule has 0 unspecified atom stereocenters. The molecule has 0 saturated carbocycles. The van der Waals surface area contributed by atoms with E-state index in [4.69, 9.17) is 0 Å². The van der Waals surface area contributed by atoms with E-state index in [0.717, 1.165) is 5.69 Å². The number of pyridine rings is 1. The summed E-state index contributed by atoms with van der Waals surface area (Å²) in [6.07, 6.45) is 4.77. The van der Waals surface area contributed by atoms with Crippen LogP contribution in [0.15, 0.2) is 36.9 Å². The van der Waals surface area contributed by atoms with E-state index in [-0.39, 0.29) is 12.5 Å². The van der Waals surface area contributed by atoms with Crippen molar-refractivity contribution in [2.45, 2.75) is 0 Å². The first kappa shape index (κ1) is 12.7. The van der Waals surface area contributed by atoms with Crippen LogP contribution in [0.1, 0.15) is 0 Å². The standard InChI is InChI=1S/C12H13N5O2/c1-19-12(18)7-14-10-5-11(16-8-15-10)17-9-3-2-4-13-6-9/h2-6,8H,7H2,1H3,(H2,14,15,16,17). The second kappa shape index (κ2) is 6.29. The normalized spacial score (nSPS) is 9.74. The van der Waals surface area contributed by atoms with Gasteiger partial charge in [0.05, 0.1) is 19.0 Å². The molecule has 0 bridgehead atoms. The molecule has 7 heteroatoms. The Labute approximate surface area is 110 Å². The maximum Gasteiger partial charge on any atom is 0.325 e. The van der Waals surface area contributed by atoms with Crippen LogP contribution >= 0.6 is 0 Å². The largest absolute Gasteiger partial charge is 0.468 e. The minimum absolute atomic E-state index is 0.0554. The fourth-order valence-electron chi connectivity index (χ4n) is 1.34. The molecule has 0 aromatic carbocycles. The molecule has 0 aliphatic carbocycles. The number of nitrogens with zero attached hydrogens (tertiary/aromatic N) is 3. The fraction of sp³-hybridized carbons (Fsp3) is 0.167. The van der Waals surface area contributed by atoms with Gasteiger partial charge in [-0.05, 0) is 12.1 Å². The van der Waals surface area contributed by atoms with Crippen LogP contribution in [0, 0.1) is 0 Å². The quantitative estimate of drug-likeness (QED) is 0.780. The van der Waals surface area contributed by atoms with E-state index in [2.05, 4.69) is 30.3 Å². The molecule has 19 heavy (non-hydrogen) atoms. The van der Waals surface area contributed by atoms with Crippen LogP contribution in [0.25, 0.3) is 0 Å². The number of nitrogens with one attached hydrogen (secondary N) is 2. The number of hydrogen-bond acceptors (Lipinski definition) is 7. The third-order valence-corrected chi connectivity index (χ3v) is 2.24. The van der Waals surface area contributed by atoms with Crippen molar-refractivity contribution < 1.29 is 9.53 Å². The Morgan fingerprint density at radius 3 is 2.95 bits per heavy atom. The van der Waals surface area contributed by atoms with Gasteiger partial charge in [0, 0.05) is 12.3 Å². The average molecular weight is 259 g/mol. The summed E-state index contributed by atoms with van der Waals surface area (Å²) < 4.78 is 4.53. The van der Waals surface area contributed by atoms with Crippen LogP contribution < -0.4 is 10.6 Å². The molecular weight excluding hydrogens is 246 g/mol. The number of ether oxygens (including phenoxy) is 1. The van der Waals surface area contributed by atoms with Crippen LogP contribution in [0.4, 0.5) is 17.3 Å². The number of anilines is 3. The number of rotatable bonds is 5. The highest BCUT2D eigenvalue weighted by Gasteiger charge is 2.02. The summed E-state index contributed by atoms with van der Waals surface area (Å²) in [7, 11) is 1.33. The number of carbonyl (C=O) groups excluding carboxylic acids is 1. The molecule has 0 atom stereocenters. The Morgan fingerprint density at radius 2 is 2.21 bits per heavy atom. The summed E-state index contributed by atoms with van der Waals surface area (Å²) in [6.45, 7) is 0.0554. The molecular formula is C12H13N5O2. The van der Waals surface area contributed by atoms with Gasteiger partial charge in [-0.15, -0.1) is 0 Å². The summed E-state index contributed by atoms with van der Waals surface area (Å²) in [4.78, 5) is 23.1. The van der Waals surface area contributed by atoms with E-state index in [0.29, 0.717) is 11.6 Å². The van der Waals surface area contributed by atoms with Crippen LogP contribution in [0.5, 0.6) is 0 Å². The third kappa shape index (κ3) is 3.91. The lowest BCUT2D eigenvalue weighted by Crippen LogP contribution is -2.15. The van der Waals surface area contributed by atoms with Crippen molar-refractivity contribution in [2.24, 2.45) is 0 Å². The van der Waals surface area contributed by atoms with Crippen LogP contribution in [-0.4, -0.2) is 34.6 Å². The number of methoxy groups -OCH3 is 1. The van der Waals surface area contributed by atoms with Gasteiger partial charge in [-0.25, -0.2) is 9.97 Å². The first-order valence-corrected chi connectivity index (χ1v) is 5.57. The summed E-state index contributed by atoms with van der Waals surface area (Å²) in [5, 5.41) is 5.92. The predicted octanol–water partition coefficient (Wildman–Crippen LogP) is 1.20. The minimum Gasteiger partial charge on any atom is -0.468 e. The summed E-state index contributed by atoms with van der Waals surface area (Å²) in [6, 6.07) is 5.38. The lowest BCUT2D eigenvalue weighted by Gasteiger charge is -2.07. The molecule has 0 aliphatic rings. The van der Waals surface area contributed by atoms with Gasteiger partial charge in [-0.1, -0.05) is 0 Å². The van der Waals surface area contributed by atoms with Gasteiger partial charge in [0.25, 0.3) is 0 Å². The van der Waals surface area contributed by atoms with Crippen molar-refractivity contribution >= 4 is 23.3 Å². The van der Waals surface area contributed by atoms with Crippen LogP contribution in [0.3, 0.4) is 0 Å². The van der Waals surface area contributed by atoms with Crippen LogP contribution in [0.2, 0.25) is 0 Å². The molecule has 0 aliphatic heterocycles. The van der Waals surface area contributed by atoms with E-state index in [1.165, 1.54) is 13.4 Å². The fourth-order valence-corrected chi connectivity index (χ4v) is 1.34. The van der Waals surface area contributed by atoms with E-state index >= 15 is 0 Å². The topological polar surface area (TPSA) is 89.0 Å². The van der Waals surface area contributed by atoms with E-state index in [9.17, 15) is 4.79 Å². The van der Waals surface area contributed by atoms with Crippen molar-refractivity contribution in [3.8, 4) is 0 Å². The summed E-state index contributed by atoms with van der Waals surface area (Å²) >= 11 is 0. The predicted molar refractivity (Wildman–Crippen MR) is 70.1 cm³/mol. The highest BCUT2D eigenvalue weighted by atomic mass is 16.5. The number of esters is 1. The van der Waals surface area contributed by atoms with E-state index in [1.54, 1.807) is 18.5 Å². The van der Waals surface area contributed by atoms with Gasteiger partial charge in [-0.2, -0.15) is 0 Å². The monoisotopic (exact) mass is 259 g/mol. The SMILES string of the molecule is COC(=O)CNc1cc(Nc2cccnc2)ncn1. The van der Waals surface area contributed by atoms with Gasteiger partial charge >= 0.3 is 5.97 Å². The average Bonchev–Trinajstić information content (AvgIpc) is 2.46. The molecule has 0 amide bonds. The van der Waals surface area contributed by atoms with Gasteiger partial charge in [0.1, 0.15) is 24.5 Å². The van der Waals surface area contributed by atoms with Crippen LogP contribution in [-0.2, 0) is 9.53 Å². The number of aromatic nitrogens is 3. The Bertz CT molecular complexity index is 547. The summed E-state index contributed by atoms with van der Waals surface area (Å²) in [5.41, 5.74) is 0.820. The molecule has 2 heterocycles. The molecule has 2 aromatic rings. The van der Waals surface area contributed by atoms with Crippen molar-refractivity contribution in [1.29, 1.82) is 0 Å². The maximum absolute atomic E-state index is 11.0. The molecule has 0 radical (unpaired) electrons. The zero-order valence-electron chi connectivity index (χ0n) is 10.3. The molecule has 0 spiro atoms. The van der Waals surface area contributed by atoms with Crippen molar-refractivity contribution in [3.05, 3.63) is 36.9 Å². The van der Waals surface area contributed by atoms with Crippen molar-refractivity contribution in [1.82, 2.24) is 15.0 Å². The number of hydrogen-bond donors (Lipinski definition) is 2. The zero-order chi connectivity index (χ0) is 13.5. The highest BCUT2D eigenvalue weighted by Crippen LogP contribution is 2.14. The van der Waals surface area contributed by atoms with Gasteiger partial charge < -0.3 is 15.4 Å². The lowest BCUT2D eigenvalue weighted by atomic mass is 10.4. The lowest BCUT2D eigenvalue weighted by molar-refractivity contribution is -0.138.